The third kappa shape index (κ3) is 3.04. The fourth-order valence-corrected chi connectivity index (χ4v) is 7.72. The summed E-state index contributed by atoms with van der Waals surface area (Å²) in [4.78, 5) is 2.66. The summed E-state index contributed by atoms with van der Waals surface area (Å²) in [6, 6.07) is 27.8. The number of hydrogen-bond acceptors (Lipinski definition) is 1. The molecule has 0 unspecified atom stereocenters. The molecular weight excluding hydrogens is 482 g/mol. The fraction of sp³-hybridized carbons (Fsp3) is 0.282. The molecule has 0 atom stereocenters. The van der Waals surface area contributed by atoms with Gasteiger partial charge in [-0.1, -0.05) is 108 Å². The van der Waals surface area contributed by atoms with Crippen LogP contribution in [-0.4, -0.2) is 0 Å². The van der Waals surface area contributed by atoms with Crippen LogP contribution in [-0.2, 0) is 16.2 Å². The lowest BCUT2D eigenvalue weighted by Gasteiger charge is -2.55. The monoisotopic (exact) mass is 521 g/mol. The van der Waals surface area contributed by atoms with Gasteiger partial charge in [-0.15, -0.1) is 0 Å². The van der Waals surface area contributed by atoms with Gasteiger partial charge in [-0.3, -0.25) is 0 Å². The molecule has 3 heterocycles. The van der Waals surface area contributed by atoms with Crippen molar-refractivity contribution in [3.63, 3.8) is 0 Å². The Morgan fingerprint density at radius 1 is 0.550 bits per heavy atom. The second-order valence-electron chi connectivity index (χ2n) is 13.4. The molecule has 4 aromatic carbocycles. The topological polar surface area (TPSA) is 3.24 Å². The molecule has 40 heavy (non-hydrogen) atoms. The van der Waals surface area contributed by atoms with Crippen molar-refractivity contribution in [2.24, 2.45) is 0 Å². The van der Waals surface area contributed by atoms with E-state index in [0.717, 1.165) is 0 Å². The average Bonchev–Trinajstić information content (AvgIpc) is 2.94. The zero-order chi connectivity index (χ0) is 28.2. The second-order valence-corrected chi connectivity index (χ2v) is 13.4. The van der Waals surface area contributed by atoms with E-state index in [-0.39, 0.29) is 16.2 Å². The van der Waals surface area contributed by atoms with Gasteiger partial charge >= 0.3 is 0 Å². The third-order valence-electron chi connectivity index (χ3n) is 10.1. The molecule has 0 bridgehead atoms. The van der Waals surface area contributed by atoms with E-state index in [1.165, 1.54) is 72.7 Å². The van der Waals surface area contributed by atoms with Crippen LogP contribution < -0.4 is 4.90 Å². The summed E-state index contributed by atoms with van der Waals surface area (Å²) in [7, 11) is 0. The number of nitrogens with zero attached hydrogens (tertiary/aromatic N) is 1. The number of anilines is 3. The van der Waals surface area contributed by atoms with Gasteiger partial charge in [0.15, 0.2) is 0 Å². The summed E-state index contributed by atoms with van der Waals surface area (Å²) in [5.41, 5.74) is 17.4. The highest BCUT2D eigenvalue weighted by Crippen LogP contribution is 2.66. The Morgan fingerprint density at radius 3 is 1.52 bits per heavy atom. The quantitative estimate of drug-likeness (QED) is 0.242. The highest BCUT2D eigenvalue weighted by Gasteiger charge is 2.51. The summed E-state index contributed by atoms with van der Waals surface area (Å²) < 4.78 is 0. The van der Waals surface area contributed by atoms with Crippen LogP contribution in [0.15, 0.2) is 91.0 Å². The lowest BCUT2D eigenvalue weighted by molar-refractivity contribution is 0.566. The SMILES string of the molecule is C/C=C\C(=C/C)c1cc2c3c(c1)C(C)(C)c1cc(-c4ccccc4)cc4c1N3c1c(cccc1C4(C)C)C2(C)C. The van der Waals surface area contributed by atoms with Gasteiger partial charge in [0, 0.05) is 16.2 Å². The van der Waals surface area contributed by atoms with E-state index in [2.05, 4.69) is 151 Å². The van der Waals surface area contributed by atoms with Crippen LogP contribution in [0.5, 0.6) is 0 Å². The van der Waals surface area contributed by atoms with Gasteiger partial charge in [-0.05, 0) is 93.8 Å². The van der Waals surface area contributed by atoms with Gasteiger partial charge in [0.1, 0.15) is 0 Å². The number of hydrogen-bond donors (Lipinski definition) is 0. The summed E-state index contributed by atoms with van der Waals surface area (Å²) >= 11 is 0. The second kappa shape index (κ2) is 8.10. The molecule has 0 spiro atoms. The predicted octanol–water partition coefficient (Wildman–Crippen LogP) is 10.7. The van der Waals surface area contributed by atoms with Crippen LogP contribution in [0, 0.1) is 0 Å². The number of para-hydroxylation sites is 1. The molecule has 0 radical (unpaired) electrons. The van der Waals surface area contributed by atoms with Gasteiger partial charge in [0.2, 0.25) is 0 Å². The van der Waals surface area contributed by atoms with Gasteiger partial charge in [0.25, 0.3) is 0 Å². The largest absolute Gasteiger partial charge is 0.309 e. The Bertz CT molecular complexity index is 1780. The van der Waals surface area contributed by atoms with Crippen molar-refractivity contribution in [2.75, 3.05) is 4.90 Å². The molecule has 1 nitrogen and oxygen atoms in total. The molecule has 0 saturated carbocycles. The van der Waals surface area contributed by atoms with Crippen LogP contribution in [0.25, 0.3) is 16.7 Å². The Morgan fingerprint density at radius 2 is 1.02 bits per heavy atom. The first-order valence-electron chi connectivity index (χ1n) is 14.7. The van der Waals surface area contributed by atoms with E-state index in [1.54, 1.807) is 0 Å². The first-order chi connectivity index (χ1) is 19.0. The van der Waals surface area contributed by atoms with E-state index < -0.39 is 0 Å². The zero-order valence-electron chi connectivity index (χ0n) is 25.1. The molecule has 1 heteroatoms. The van der Waals surface area contributed by atoms with Gasteiger partial charge < -0.3 is 4.90 Å². The van der Waals surface area contributed by atoms with Crippen LogP contribution in [0.1, 0.15) is 94.3 Å². The van der Waals surface area contributed by atoms with Crippen molar-refractivity contribution in [1.29, 1.82) is 0 Å². The molecule has 4 aromatic rings. The molecule has 0 fully saturated rings. The fourth-order valence-electron chi connectivity index (χ4n) is 7.72. The highest BCUT2D eigenvalue weighted by atomic mass is 15.2. The van der Waals surface area contributed by atoms with Crippen LogP contribution in [0.4, 0.5) is 17.1 Å². The Balaban J connectivity index is 1.66. The van der Waals surface area contributed by atoms with E-state index >= 15 is 0 Å². The van der Waals surface area contributed by atoms with Crippen molar-refractivity contribution in [2.45, 2.75) is 71.6 Å². The highest BCUT2D eigenvalue weighted by molar-refractivity contribution is 6.00. The Hall–Kier alpha value is -3.84. The standard InChI is InChI=1S/C39H39N/c1-9-15-24(10-2)26-20-30-35-32(21-26)39(7,8)33-23-27(25-16-12-11-13-17-25)22-31-36(33)40(35)34-28(37(30,3)4)18-14-19-29(34)38(31,5)6/h9-23H,1-8H3/b15-9-,24-10+. The van der Waals surface area contributed by atoms with Crippen LogP contribution >= 0.6 is 0 Å². The van der Waals surface area contributed by atoms with Crippen LogP contribution in [0.3, 0.4) is 0 Å². The minimum atomic E-state index is -0.170. The lowest BCUT2D eigenvalue weighted by Crippen LogP contribution is -2.43. The number of benzene rings is 4. The minimum absolute atomic E-state index is 0.123. The number of allylic oxidation sites excluding steroid dienone is 4. The van der Waals surface area contributed by atoms with Crippen molar-refractivity contribution in [3.05, 3.63) is 130 Å². The van der Waals surface area contributed by atoms with Crippen molar-refractivity contribution >= 4 is 22.6 Å². The third-order valence-corrected chi connectivity index (χ3v) is 10.1. The van der Waals surface area contributed by atoms with Crippen molar-refractivity contribution < 1.29 is 0 Å². The zero-order valence-corrected chi connectivity index (χ0v) is 25.1. The predicted molar refractivity (Wildman–Crippen MR) is 171 cm³/mol. The van der Waals surface area contributed by atoms with Gasteiger partial charge in [-0.2, -0.15) is 0 Å². The maximum atomic E-state index is 2.66. The molecular formula is C39H39N. The molecule has 3 aliphatic rings. The minimum Gasteiger partial charge on any atom is -0.309 e. The molecule has 0 saturated heterocycles. The number of rotatable bonds is 3. The first kappa shape index (κ1) is 25.1. The molecule has 3 aliphatic heterocycles. The van der Waals surface area contributed by atoms with Crippen LogP contribution in [0.2, 0.25) is 0 Å². The van der Waals surface area contributed by atoms with Crippen molar-refractivity contribution in [1.82, 2.24) is 0 Å². The summed E-state index contributed by atoms with van der Waals surface area (Å²) in [6.07, 6.45) is 6.64. The maximum Gasteiger partial charge on any atom is 0.0544 e. The molecule has 0 aliphatic carbocycles. The molecule has 200 valence electrons. The molecule has 0 N–H and O–H groups in total. The summed E-state index contributed by atoms with van der Waals surface area (Å²) in [6.45, 7) is 18.8. The Labute approximate surface area is 239 Å². The normalized spacial score (nSPS) is 18.6. The molecule has 0 aromatic heterocycles. The Kier molecular flexibility index (Phi) is 5.09. The van der Waals surface area contributed by atoms with E-state index in [9.17, 15) is 0 Å². The molecule has 7 rings (SSSR count). The maximum absolute atomic E-state index is 2.66. The lowest BCUT2D eigenvalue weighted by atomic mass is 9.60. The van der Waals surface area contributed by atoms with E-state index in [1.807, 2.05) is 0 Å². The van der Waals surface area contributed by atoms with E-state index in [4.69, 9.17) is 0 Å². The van der Waals surface area contributed by atoms with E-state index in [0.29, 0.717) is 0 Å². The summed E-state index contributed by atoms with van der Waals surface area (Å²) in [5.74, 6) is 0. The first-order valence-corrected chi connectivity index (χ1v) is 14.7. The van der Waals surface area contributed by atoms with Gasteiger partial charge in [0.05, 0.1) is 17.1 Å². The summed E-state index contributed by atoms with van der Waals surface area (Å²) in [5, 5.41) is 0. The van der Waals surface area contributed by atoms with Gasteiger partial charge in [-0.25, -0.2) is 0 Å². The molecule has 0 amide bonds. The smallest absolute Gasteiger partial charge is 0.0544 e. The average molecular weight is 522 g/mol. The van der Waals surface area contributed by atoms with Crippen molar-refractivity contribution in [3.8, 4) is 11.1 Å².